The van der Waals surface area contributed by atoms with Crippen LogP contribution in [0.5, 0.6) is 5.75 Å². The summed E-state index contributed by atoms with van der Waals surface area (Å²) in [7, 11) is 0. The molecule has 2 aromatic rings. The van der Waals surface area contributed by atoms with Crippen molar-refractivity contribution in [3.63, 3.8) is 0 Å². The summed E-state index contributed by atoms with van der Waals surface area (Å²) in [6, 6.07) is 5.08. The van der Waals surface area contributed by atoms with Crippen molar-refractivity contribution in [2.45, 2.75) is 38.6 Å². The number of aromatic hydroxyl groups is 1. The molecule has 0 amide bonds. The van der Waals surface area contributed by atoms with Crippen molar-refractivity contribution in [1.82, 2.24) is 9.80 Å². The molecular formula is C22H28N2O3. The van der Waals surface area contributed by atoms with E-state index in [9.17, 15) is 9.90 Å². The van der Waals surface area contributed by atoms with E-state index in [1.807, 2.05) is 6.07 Å². The number of fused-ring (bicyclic) bond motifs is 7. The van der Waals surface area contributed by atoms with Crippen LogP contribution in [-0.4, -0.2) is 47.6 Å². The lowest BCUT2D eigenvalue weighted by molar-refractivity contribution is 0.182. The Morgan fingerprint density at radius 3 is 2.44 bits per heavy atom. The molecule has 1 aromatic carbocycles. The maximum atomic E-state index is 12.5. The number of hydrogen-bond donors (Lipinski definition) is 1. The highest BCUT2D eigenvalue weighted by molar-refractivity contribution is 5.82. The molecule has 5 nitrogen and oxygen atoms in total. The van der Waals surface area contributed by atoms with Crippen molar-refractivity contribution in [2.75, 3.05) is 32.7 Å². The normalized spacial score (nSPS) is 26.2. The fourth-order valence-corrected chi connectivity index (χ4v) is 5.37. The predicted octanol–water partition coefficient (Wildman–Crippen LogP) is 2.98. The van der Waals surface area contributed by atoms with Gasteiger partial charge in [0.2, 0.25) is 0 Å². The molecule has 0 spiro atoms. The summed E-state index contributed by atoms with van der Waals surface area (Å²) >= 11 is 0. The van der Waals surface area contributed by atoms with Gasteiger partial charge in [-0.2, -0.15) is 0 Å². The van der Waals surface area contributed by atoms with Gasteiger partial charge in [0, 0.05) is 50.7 Å². The van der Waals surface area contributed by atoms with Crippen LogP contribution >= 0.6 is 0 Å². The minimum atomic E-state index is -0.249. The first kappa shape index (κ1) is 17.3. The van der Waals surface area contributed by atoms with E-state index in [1.165, 1.54) is 44.8 Å². The van der Waals surface area contributed by atoms with Gasteiger partial charge in [0.25, 0.3) is 0 Å². The summed E-state index contributed by atoms with van der Waals surface area (Å²) in [5.74, 6) is 1.94. The van der Waals surface area contributed by atoms with E-state index < -0.39 is 0 Å². The van der Waals surface area contributed by atoms with Gasteiger partial charge in [0.05, 0.1) is 5.56 Å². The summed E-state index contributed by atoms with van der Waals surface area (Å²) < 4.78 is 5.48. The van der Waals surface area contributed by atoms with Gasteiger partial charge in [-0.3, -0.25) is 4.90 Å². The zero-order chi connectivity index (χ0) is 18.4. The first-order valence-electron chi connectivity index (χ1n) is 10.4. The monoisotopic (exact) mass is 368 g/mol. The molecule has 2 bridgehead atoms. The molecule has 3 aliphatic heterocycles. The van der Waals surface area contributed by atoms with Gasteiger partial charge in [-0.1, -0.05) is 0 Å². The second-order valence-corrected chi connectivity index (χ2v) is 8.70. The Hall–Kier alpha value is -1.85. The van der Waals surface area contributed by atoms with Crippen LogP contribution in [0.3, 0.4) is 0 Å². The lowest BCUT2D eigenvalue weighted by Crippen LogP contribution is -2.40. The molecule has 1 saturated carbocycles. The number of phenols is 1. The van der Waals surface area contributed by atoms with Crippen molar-refractivity contribution in [1.29, 1.82) is 0 Å². The Bertz CT molecular complexity index is 884. The molecule has 2 saturated heterocycles. The predicted molar refractivity (Wildman–Crippen MR) is 105 cm³/mol. The molecule has 4 aliphatic rings. The molecule has 0 atom stereocenters. The highest BCUT2D eigenvalue weighted by Crippen LogP contribution is 2.34. The van der Waals surface area contributed by atoms with Gasteiger partial charge in [-0.05, 0) is 61.6 Å². The molecule has 1 aliphatic carbocycles. The molecule has 27 heavy (non-hydrogen) atoms. The first-order chi connectivity index (χ1) is 13.2. The highest BCUT2D eigenvalue weighted by Gasteiger charge is 2.30. The lowest BCUT2D eigenvalue weighted by atomic mass is 9.84. The number of phenolic OH excluding ortho intramolecular Hbond substituents is 1. The van der Waals surface area contributed by atoms with Crippen LogP contribution in [0.2, 0.25) is 0 Å². The second-order valence-electron chi connectivity index (χ2n) is 8.70. The van der Waals surface area contributed by atoms with Gasteiger partial charge < -0.3 is 14.4 Å². The van der Waals surface area contributed by atoms with Gasteiger partial charge in [0.15, 0.2) is 0 Å². The average Bonchev–Trinajstić information content (AvgIpc) is 2.99. The van der Waals surface area contributed by atoms with Crippen molar-refractivity contribution in [3.8, 4) is 5.75 Å². The van der Waals surface area contributed by atoms with Crippen molar-refractivity contribution in [3.05, 3.63) is 39.7 Å². The third kappa shape index (κ3) is 3.39. The molecule has 3 fully saturated rings. The highest BCUT2D eigenvalue weighted by atomic mass is 16.4. The maximum absolute atomic E-state index is 12.5. The average molecular weight is 368 g/mol. The van der Waals surface area contributed by atoms with Crippen molar-refractivity contribution >= 4 is 11.0 Å². The lowest BCUT2D eigenvalue weighted by Gasteiger charge is -2.31. The van der Waals surface area contributed by atoms with E-state index in [0.717, 1.165) is 54.4 Å². The fourth-order valence-electron chi connectivity index (χ4n) is 5.37. The van der Waals surface area contributed by atoms with Crippen LogP contribution in [0.15, 0.2) is 27.4 Å². The van der Waals surface area contributed by atoms with Crippen molar-refractivity contribution in [2.24, 2.45) is 11.8 Å². The van der Waals surface area contributed by atoms with Crippen LogP contribution < -0.4 is 5.63 Å². The van der Waals surface area contributed by atoms with Crippen LogP contribution in [0.1, 0.15) is 36.8 Å². The van der Waals surface area contributed by atoms with Crippen LogP contribution in [0, 0.1) is 11.8 Å². The van der Waals surface area contributed by atoms with E-state index in [1.54, 1.807) is 6.07 Å². The molecular weight excluding hydrogens is 340 g/mol. The van der Waals surface area contributed by atoms with E-state index in [2.05, 4.69) is 9.80 Å². The summed E-state index contributed by atoms with van der Waals surface area (Å²) in [6.07, 6.45) is 6.54. The maximum Gasteiger partial charge on any atom is 0.341 e. The first-order valence-corrected chi connectivity index (χ1v) is 10.4. The Kier molecular flexibility index (Phi) is 4.44. The molecule has 1 aromatic heterocycles. The molecule has 1 N–H and O–H groups in total. The molecule has 6 rings (SSSR count). The Morgan fingerprint density at radius 1 is 1.00 bits per heavy atom. The zero-order valence-corrected chi connectivity index (χ0v) is 15.8. The molecule has 0 radical (unpaired) electrons. The summed E-state index contributed by atoms with van der Waals surface area (Å²) in [5.41, 5.74) is 2.15. The molecule has 4 heterocycles. The fraction of sp³-hybridized carbons (Fsp3) is 0.591. The number of nitrogens with zero attached hydrogens (tertiary/aromatic N) is 2. The minimum absolute atomic E-state index is 0.134. The Balaban J connectivity index is 1.30. The second kappa shape index (κ2) is 6.95. The standard InChI is InChI=1S/C22H28N2O3/c25-17-5-6-19-18-7-8-23(14-20(18)22(26)27-21(19)11-17)9-10-24-12-15-1-2-16(13-24)4-3-15/h5-6,11,15-16,25H,1-4,7-10,12-14H2. The largest absolute Gasteiger partial charge is 0.508 e. The quantitative estimate of drug-likeness (QED) is 0.844. The number of hydrogen-bond acceptors (Lipinski definition) is 5. The summed E-state index contributed by atoms with van der Waals surface area (Å²) in [4.78, 5) is 17.6. The van der Waals surface area contributed by atoms with Crippen molar-refractivity contribution < 1.29 is 9.52 Å². The zero-order valence-electron chi connectivity index (χ0n) is 15.8. The summed E-state index contributed by atoms with van der Waals surface area (Å²) in [5, 5.41) is 10.6. The SMILES string of the molecule is O=c1oc2cc(O)ccc2c2c1CN(CCN1CC3CCC(CC3)C1)CC2. The molecule has 144 valence electrons. The third-order valence-electron chi connectivity index (χ3n) is 6.89. The van der Waals surface area contributed by atoms with E-state index in [4.69, 9.17) is 4.42 Å². The number of rotatable bonds is 3. The third-order valence-corrected chi connectivity index (χ3v) is 6.89. The Labute approximate surface area is 159 Å². The van der Waals surface area contributed by atoms with Gasteiger partial charge >= 0.3 is 5.63 Å². The summed E-state index contributed by atoms with van der Waals surface area (Å²) in [6.45, 7) is 6.30. The topological polar surface area (TPSA) is 56.9 Å². The van der Waals surface area contributed by atoms with Gasteiger partial charge in [-0.15, -0.1) is 0 Å². The molecule has 5 heteroatoms. The van der Waals surface area contributed by atoms with Crippen LogP contribution in [-0.2, 0) is 13.0 Å². The van der Waals surface area contributed by atoms with Gasteiger partial charge in [-0.25, -0.2) is 4.79 Å². The van der Waals surface area contributed by atoms with E-state index >= 15 is 0 Å². The van der Waals surface area contributed by atoms with E-state index in [-0.39, 0.29) is 11.4 Å². The van der Waals surface area contributed by atoms with Crippen LogP contribution in [0.25, 0.3) is 11.0 Å². The van der Waals surface area contributed by atoms with Gasteiger partial charge in [0.1, 0.15) is 11.3 Å². The smallest absolute Gasteiger partial charge is 0.341 e. The number of benzene rings is 1. The van der Waals surface area contributed by atoms with E-state index in [0.29, 0.717) is 12.1 Å². The molecule has 0 unspecified atom stereocenters. The van der Waals surface area contributed by atoms with Crippen LogP contribution in [0.4, 0.5) is 0 Å². The minimum Gasteiger partial charge on any atom is -0.508 e. The Morgan fingerprint density at radius 2 is 1.70 bits per heavy atom.